The minimum atomic E-state index is -0.780. The van der Waals surface area contributed by atoms with Crippen LogP contribution >= 0.6 is 11.3 Å². The van der Waals surface area contributed by atoms with Crippen molar-refractivity contribution >= 4 is 17.3 Å². The fourth-order valence-corrected chi connectivity index (χ4v) is 3.03. The second kappa shape index (κ2) is 7.79. The highest BCUT2D eigenvalue weighted by Crippen LogP contribution is 2.21. The van der Waals surface area contributed by atoms with Gasteiger partial charge in [0.15, 0.2) is 0 Å². The Kier molecular flexibility index (Phi) is 5.77. The maximum absolute atomic E-state index is 10.6. The zero-order chi connectivity index (χ0) is 15.9. The van der Waals surface area contributed by atoms with Gasteiger partial charge in [-0.15, -0.1) is 11.3 Å². The molecule has 0 aliphatic heterocycles. The van der Waals surface area contributed by atoms with Gasteiger partial charge in [0, 0.05) is 11.3 Å². The second-order valence-corrected chi connectivity index (χ2v) is 5.95. The lowest BCUT2D eigenvalue weighted by Crippen LogP contribution is -2.01. The number of rotatable bonds is 8. The Morgan fingerprint density at radius 2 is 1.91 bits per heavy atom. The summed E-state index contributed by atoms with van der Waals surface area (Å²) in [7, 11) is 1.63. The van der Waals surface area contributed by atoms with Crippen LogP contribution in [0.2, 0.25) is 0 Å². The number of hydrogen-bond acceptors (Lipinski definition) is 5. The molecule has 2 rings (SSSR count). The third-order valence-electron chi connectivity index (χ3n) is 3.15. The molecular formula is C16H19NO4S. The van der Waals surface area contributed by atoms with Crippen molar-refractivity contribution in [3.8, 4) is 11.5 Å². The van der Waals surface area contributed by atoms with Gasteiger partial charge in [-0.25, -0.2) is 4.98 Å². The summed E-state index contributed by atoms with van der Waals surface area (Å²) in [6.07, 6.45) is 1.40. The van der Waals surface area contributed by atoms with E-state index in [1.54, 1.807) is 18.4 Å². The lowest BCUT2D eigenvalue weighted by Gasteiger charge is -2.05. The van der Waals surface area contributed by atoms with E-state index in [1.807, 2.05) is 31.2 Å². The van der Waals surface area contributed by atoms with Gasteiger partial charge in [0.05, 0.1) is 30.8 Å². The number of aryl methyl sites for hydroxylation is 2. The Morgan fingerprint density at radius 3 is 2.55 bits per heavy atom. The topological polar surface area (TPSA) is 68.7 Å². The third-order valence-corrected chi connectivity index (χ3v) is 4.42. The van der Waals surface area contributed by atoms with Crippen LogP contribution in [-0.4, -0.2) is 29.8 Å². The lowest BCUT2D eigenvalue weighted by atomic mass is 10.2. The number of carboxylic acid groups (broad SMARTS) is 1. The molecule has 5 nitrogen and oxygen atoms in total. The number of carboxylic acids is 1. The van der Waals surface area contributed by atoms with E-state index in [-0.39, 0.29) is 6.42 Å². The van der Waals surface area contributed by atoms with E-state index in [1.165, 1.54) is 0 Å². The van der Waals surface area contributed by atoms with Crippen molar-refractivity contribution in [2.45, 2.75) is 26.2 Å². The van der Waals surface area contributed by atoms with E-state index in [0.717, 1.165) is 27.1 Å². The maximum atomic E-state index is 10.6. The van der Waals surface area contributed by atoms with Crippen LogP contribution in [0.15, 0.2) is 24.3 Å². The first-order valence-electron chi connectivity index (χ1n) is 7.02. The molecule has 1 aromatic carbocycles. The monoisotopic (exact) mass is 321 g/mol. The van der Waals surface area contributed by atoms with Crippen LogP contribution in [0.1, 0.15) is 22.0 Å². The number of benzene rings is 1. The van der Waals surface area contributed by atoms with E-state index >= 15 is 0 Å². The van der Waals surface area contributed by atoms with Gasteiger partial charge in [0.1, 0.15) is 11.5 Å². The highest BCUT2D eigenvalue weighted by atomic mass is 32.1. The van der Waals surface area contributed by atoms with Crippen LogP contribution in [0.4, 0.5) is 0 Å². The quantitative estimate of drug-likeness (QED) is 0.809. The first-order valence-corrected chi connectivity index (χ1v) is 7.84. The molecule has 22 heavy (non-hydrogen) atoms. The first kappa shape index (κ1) is 16.3. The first-order chi connectivity index (χ1) is 10.6. The minimum Gasteiger partial charge on any atom is -0.497 e. The van der Waals surface area contributed by atoms with Gasteiger partial charge in [-0.2, -0.15) is 0 Å². The van der Waals surface area contributed by atoms with E-state index in [0.29, 0.717) is 19.4 Å². The molecule has 1 N–H and O–H groups in total. The van der Waals surface area contributed by atoms with Crippen molar-refractivity contribution in [2.75, 3.05) is 13.7 Å². The molecule has 0 unspecified atom stereocenters. The summed E-state index contributed by atoms with van der Waals surface area (Å²) in [5, 5.41) is 9.71. The van der Waals surface area contributed by atoms with Gasteiger partial charge in [0.2, 0.25) is 0 Å². The maximum Gasteiger partial charge on any atom is 0.303 e. The predicted molar refractivity (Wildman–Crippen MR) is 85.0 cm³/mol. The number of ether oxygens (including phenoxy) is 2. The molecule has 0 amide bonds. The summed E-state index contributed by atoms with van der Waals surface area (Å²) >= 11 is 1.57. The number of aromatic nitrogens is 1. The van der Waals surface area contributed by atoms with Gasteiger partial charge < -0.3 is 14.6 Å². The number of carbonyl (C=O) groups is 1. The van der Waals surface area contributed by atoms with Crippen molar-refractivity contribution in [1.82, 2.24) is 4.98 Å². The van der Waals surface area contributed by atoms with Gasteiger partial charge in [-0.3, -0.25) is 4.79 Å². The van der Waals surface area contributed by atoms with Crippen LogP contribution in [0, 0.1) is 6.92 Å². The largest absolute Gasteiger partial charge is 0.497 e. The average molecular weight is 321 g/mol. The van der Waals surface area contributed by atoms with Gasteiger partial charge in [0.25, 0.3) is 0 Å². The highest BCUT2D eigenvalue weighted by molar-refractivity contribution is 7.11. The van der Waals surface area contributed by atoms with Gasteiger partial charge in [-0.05, 0) is 37.6 Å². The van der Waals surface area contributed by atoms with Crippen molar-refractivity contribution in [2.24, 2.45) is 0 Å². The van der Waals surface area contributed by atoms with Crippen LogP contribution in [-0.2, 0) is 17.6 Å². The van der Waals surface area contributed by atoms with E-state index < -0.39 is 5.97 Å². The fourth-order valence-electron chi connectivity index (χ4n) is 1.98. The number of aliphatic carboxylic acids is 1. The van der Waals surface area contributed by atoms with Crippen LogP contribution in [0.25, 0.3) is 0 Å². The molecule has 0 bridgehead atoms. The summed E-state index contributed by atoms with van der Waals surface area (Å²) in [5.74, 6) is 0.809. The Balaban J connectivity index is 1.83. The van der Waals surface area contributed by atoms with Crippen molar-refractivity contribution in [3.63, 3.8) is 0 Å². The normalized spacial score (nSPS) is 10.5. The minimum absolute atomic E-state index is 0.144. The van der Waals surface area contributed by atoms with Crippen molar-refractivity contribution in [1.29, 1.82) is 0 Å². The van der Waals surface area contributed by atoms with E-state index in [4.69, 9.17) is 14.6 Å². The number of methoxy groups -OCH3 is 1. The molecule has 1 aromatic heterocycles. The van der Waals surface area contributed by atoms with Crippen LogP contribution in [0.5, 0.6) is 11.5 Å². The third kappa shape index (κ3) is 4.73. The summed E-state index contributed by atoms with van der Waals surface area (Å²) in [6.45, 7) is 2.46. The van der Waals surface area contributed by atoms with Crippen molar-refractivity contribution in [3.05, 3.63) is 39.8 Å². The molecule has 2 aromatic rings. The lowest BCUT2D eigenvalue weighted by molar-refractivity contribution is -0.136. The average Bonchev–Trinajstić information content (AvgIpc) is 2.86. The Labute approximate surface area is 133 Å². The molecule has 0 saturated carbocycles. The molecule has 0 atom stereocenters. The fraction of sp³-hybridized carbons (Fsp3) is 0.375. The Bertz CT molecular complexity index is 622. The van der Waals surface area contributed by atoms with E-state index in [2.05, 4.69) is 4.98 Å². The second-order valence-electron chi connectivity index (χ2n) is 4.78. The molecule has 0 aliphatic carbocycles. The zero-order valence-corrected chi connectivity index (χ0v) is 13.5. The summed E-state index contributed by atoms with van der Waals surface area (Å²) in [4.78, 5) is 16.1. The number of thiazole rings is 1. The van der Waals surface area contributed by atoms with Crippen LogP contribution in [0.3, 0.4) is 0 Å². The highest BCUT2D eigenvalue weighted by Gasteiger charge is 2.09. The molecule has 0 fully saturated rings. The Hall–Kier alpha value is -2.08. The van der Waals surface area contributed by atoms with Gasteiger partial charge >= 0.3 is 5.97 Å². The van der Waals surface area contributed by atoms with Gasteiger partial charge in [-0.1, -0.05) is 0 Å². The summed E-state index contributed by atoms with van der Waals surface area (Å²) in [6, 6.07) is 7.44. The van der Waals surface area contributed by atoms with Crippen LogP contribution < -0.4 is 9.47 Å². The Morgan fingerprint density at radius 1 is 1.23 bits per heavy atom. The molecule has 0 aliphatic rings. The standard InChI is InChI=1S/C16H19NO4S/c1-11-14(7-8-16(18)19)22-15(17-11)9-10-21-13-5-3-12(20-2)4-6-13/h3-6H,7-10H2,1-2H3,(H,18,19). The summed E-state index contributed by atoms with van der Waals surface area (Å²) < 4.78 is 10.8. The molecule has 0 spiro atoms. The molecule has 6 heteroatoms. The molecule has 1 heterocycles. The number of nitrogens with zero attached hydrogens (tertiary/aromatic N) is 1. The van der Waals surface area contributed by atoms with Crippen molar-refractivity contribution < 1.29 is 19.4 Å². The predicted octanol–water partition coefficient (Wildman–Crippen LogP) is 3.10. The molecular weight excluding hydrogens is 302 g/mol. The molecule has 118 valence electrons. The molecule has 0 radical (unpaired) electrons. The SMILES string of the molecule is COc1ccc(OCCc2nc(C)c(CCC(=O)O)s2)cc1. The summed E-state index contributed by atoms with van der Waals surface area (Å²) in [5.41, 5.74) is 0.922. The molecule has 0 saturated heterocycles. The zero-order valence-electron chi connectivity index (χ0n) is 12.7. The number of hydrogen-bond donors (Lipinski definition) is 1. The smallest absolute Gasteiger partial charge is 0.303 e. The van der Waals surface area contributed by atoms with E-state index in [9.17, 15) is 4.79 Å².